The molecular formula is C13H20N2O2S. The third kappa shape index (κ3) is 3.29. The van der Waals surface area contributed by atoms with Crippen molar-refractivity contribution in [3.63, 3.8) is 0 Å². The molecule has 0 spiro atoms. The fourth-order valence-electron chi connectivity index (χ4n) is 2.36. The van der Waals surface area contributed by atoms with Gasteiger partial charge < -0.3 is 5.11 Å². The van der Waals surface area contributed by atoms with Crippen molar-refractivity contribution < 1.29 is 9.90 Å². The molecule has 1 aromatic rings. The molecule has 0 atom stereocenters. The van der Waals surface area contributed by atoms with E-state index in [0.717, 1.165) is 30.3 Å². The number of hydrogen-bond acceptors (Lipinski definition) is 4. The molecule has 1 aromatic heterocycles. The monoisotopic (exact) mass is 268 g/mol. The average Bonchev–Trinajstić information content (AvgIpc) is 2.58. The summed E-state index contributed by atoms with van der Waals surface area (Å²) < 4.78 is 0. The second kappa shape index (κ2) is 6.29. The number of likely N-dealkylation sites (tertiary alicyclic amines) is 1. The van der Waals surface area contributed by atoms with Crippen LogP contribution in [-0.4, -0.2) is 34.0 Å². The Morgan fingerprint density at radius 2 is 2.00 bits per heavy atom. The maximum absolute atomic E-state index is 11.1. The molecule has 0 unspecified atom stereocenters. The molecule has 100 valence electrons. The summed E-state index contributed by atoms with van der Waals surface area (Å²) in [4.78, 5) is 18.4. The van der Waals surface area contributed by atoms with Gasteiger partial charge in [0, 0.05) is 0 Å². The zero-order chi connectivity index (χ0) is 13.0. The van der Waals surface area contributed by atoms with Gasteiger partial charge in [-0.2, -0.15) is 0 Å². The normalized spacial score (nSPS) is 17.6. The van der Waals surface area contributed by atoms with E-state index >= 15 is 0 Å². The van der Waals surface area contributed by atoms with Crippen molar-refractivity contribution in [2.45, 2.75) is 45.6 Å². The Hall–Kier alpha value is -0.940. The second-order valence-electron chi connectivity index (χ2n) is 4.73. The molecule has 1 aliphatic heterocycles. The van der Waals surface area contributed by atoms with E-state index < -0.39 is 5.97 Å². The Morgan fingerprint density at radius 3 is 2.50 bits per heavy atom. The molecule has 0 radical (unpaired) electrons. The van der Waals surface area contributed by atoms with Gasteiger partial charge in [-0.1, -0.05) is 19.8 Å². The highest BCUT2D eigenvalue weighted by molar-refractivity contribution is 7.13. The number of aromatic nitrogens is 1. The van der Waals surface area contributed by atoms with Gasteiger partial charge in [-0.25, -0.2) is 9.78 Å². The molecular weight excluding hydrogens is 248 g/mol. The summed E-state index contributed by atoms with van der Waals surface area (Å²) in [6, 6.07) is 0. The van der Waals surface area contributed by atoms with Gasteiger partial charge in [0.05, 0.1) is 12.2 Å². The van der Waals surface area contributed by atoms with Gasteiger partial charge in [0.1, 0.15) is 9.88 Å². The molecule has 0 aromatic carbocycles. The van der Waals surface area contributed by atoms with E-state index in [2.05, 4.69) is 9.88 Å². The summed E-state index contributed by atoms with van der Waals surface area (Å²) in [6.45, 7) is 5.00. The first-order valence-corrected chi connectivity index (χ1v) is 7.46. The van der Waals surface area contributed by atoms with Gasteiger partial charge in [-0.3, -0.25) is 4.90 Å². The summed E-state index contributed by atoms with van der Waals surface area (Å²) in [6.07, 6.45) is 5.82. The van der Waals surface area contributed by atoms with Gasteiger partial charge in [0.15, 0.2) is 0 Å². The van der Waals surface area contributed by atoms with E-state index in [4.69, 9.17) is 5.11 Å². The van der Waals surface area contributed by atoms with Gasteiger partial charge in [-0.15, -0.1) is 11.3 Å². The first kappa shape index (κ1) is 13.5. The quantitative estimate of drug-likeness (QED) is 0.912. The molecule has 4 nitrogen and oxygen atoms in total. The Labute approximate surface area is 112 Å². The fraction of sp³-hybridized carbons (Fsp3) is 0.692. The number of rotatable bonds is 4. The molecule has 1 aliphatic rings. The molecule has 18 heavy (non-hydrogen) atoms. The highest BCUT2D eigenvalue weighted by atomic mass is 32.1. The zero-order valence-corrected chi connectivity index (χ0v) is 11.6. The van der Waals surface area contributed by atoms with Gasteiger partial charge in [0.2, 0.25) is 0 Å². The first-order valence-electron chi connectivity index (χ1n) is 6.65. The topological polar surface area (TPSA) is 53.4 Å². The Bertz CT molecular complexity index is 409. The highest BCUT2D eigenvalue weighted by Gasteiger charge is 2.18. The molecule has 0 bridgehead atoms. The van der Waals surface area contributed by atoms with Crippen LogP contribution in [0, 0.1) is 0 Å². The molecule has 1 N–H and O–H groups in total. The molecule has 2 heterocycles. The van der Waals surface area contributed by atoms with Gasteiger partial charge in [-0.05, 0) is 32.4 Å². The van der Waals surface area contributed by atoms with Crippen molar-refractivity contribution in [1.29, 1.82) is 0 Å². The largest absolute Gasteiger partial charge is 0.477 e. The Morgan fingerprint density at radius 1 is 1.33 bits per heavy atom. The van der Waals surface area contributed by atoms with Crippen LogP contribution >= 0.6 is 11.3 Å². The molecule has 0 amide bonds. The number of carbonyl (C=O) groups is 1. The summed E-state index contributed by atoms with van der Waals surface area (Å²) in [5.74, 6) is -0.841. The van der Waals surface area contributed by atoms with E-state index in [0.29, 0.717) is 11.3 Å². The lowest BCUT2D eigenvalue weighted by atomic mass is 10.2. The number of thiazole rings is 1. The molecule has 5 heteroatoms. The van der Waals surface area contributed by atoms with Gasteiger partial charge in [0.25, 0.3) is 0 Å². The van der Waals surface area contributed by atoms with E-state index in [-0.39, 0.29) is 0 Å². The smallest absolute Gasteiger partial charge is 0.347 e. The van der Waals surface area contributed by atoms with Crippen molar-refractivity contribution in [2.75, 3.05) is 13.1 Å². The SMILES string of the molecule is CCc1nc(CN2CCCCCC2)sc1C(=O)O. The van der Waals surface area contributed by atoms with E-state index in [9.17, 15) is 4.79 Å². The van der Waals surface area contributed by atoms with Crippen molar-refractivity contribution in [3.05, 3.63) is 15.6 Å². The number of carboxylic acid groups (broad SMARTS) is 1. The minimum absolute atomic E-state index is 0.419. The molecule has 0 aliphatic carbocycles. The predicted octanol–water partition coefficient (Wildman–Crippen LogP) is 2.78. The van der Waals surface area contributed by atoms with E-state index in [1.807, 2.05) is 6.92 Å². The number of carboxylic acids is 1. The Balaban J connectivity index is 2.06. The first-order chi connectivity index (χ1) is 8.70. The second-order valence-corrected chi connectivity index (χ2v) is 5.82. The maximum Gasteiger partial charge on any atom is 0.347 e. The zero-order valence-electron chi connectivity index (χ0n) is 10.8. The van der Waals surface area contributed by atoms with Crippen LogP contribution in [-0.2, 0) is 13.0 Å². The maximum atomic E-state index is 11.1. The standard InChI is InChI=1S/C13H20N2O2S/c1-2-10-12(13(16)17)18-11(14-10)9-15-7-5-3-4-6-8-15/h2-9H2,1H3,(H,16,17). The third-order valence-corrected chi connectivity index (χ3v) is 4.40. The molecule has 1 fully saturated rings. The van der Waals surface area contributed by atoms with Crippen LogP contribution in [0.25, 0.3) is 0 Å². The van der Waals surface area contributed by atoms with E-state index in [1.54, 1.807) is 0 Å². The van der Waals surface area contributed by atoms with Crippen LogP contribution in [0.3, 0.4) is 0 Å². The average molecular weight is 268 g/mol. The number of hydrogen-bond donors (Lipinski definition) is 1. The molecule has 2 rings (SSSR count). The van der Waals surface area contributed by atoms with Crippen LogP contribution in [0.5, 0.6) is 0 Å². The van der Waals surface area contributed by atoms with Crippen LogP contribution in [0.15, 0.2) is 0 Å². The Kier molecular flexibility index (Phi) is 4.72. The van der Waals surface area contributed by atoms with Crippen LogP contribution in [0.4, 0.5) is 0 Å². The van der Waals surface area contributed by atoms with Crippen LogP contribution < -0.4 is 0 Å². The number of nitrogens with zero attached hydrogens (tertiary/aromatic N) is 2. The lowest BCUT2D eigenvalue weighted by Gasteiger charge is -2.17. The third-order valence-electron chi connectivity index (χ3n) is 3.33. The minimum atomic E-state index is -0.841. The summed E-state index contributed by atoms with van der Waals surface area (Å²) in [7, 11) is 0. The lowest BCUT2D eigenvalue weighted by Crippen LogP contribution is -2.23. The number of aromatic carboxylic acids is 1. The van der Waals surface area contributed by atoms with E-state index in [1.165, 1.54) is 37.0 Å². The fourth-order valence-corrected chi connectivity index (χ4v) is 3.39. The van der Waals surface area contributed by atoms with Crippen molar-refractivity contribution in [3.8, 4) is 0 Å². The van der Waals surface area contributed by atoms with Gasteiger partial charge >= 0.3 is 5.97 Å². The summed E-state index contributed by atoms with van der Waals surface area (Å²) in [5.41, 5.74) is 0.734. The predicted molar refractivity (Wildman–Crippen MR) is 72.2 cm³/mol. The molecule has 1 saturated heterocycles. The van der Waals surface area contributed by atoms with Crippen molar-refractivity contribution in [2.24, 2.45) is 0 Å². The van der Waals surface area contributed by atoms with Crippen molar-refractivity contribution >= 4 is 17.3 Å². The summed E-state index contributed by atoms with van der Waals surface area (Å²) >= 11 is 1.34. The van der Waals surface area contributed by atoms with Crippen LogP contribution in [0.2, 0.25) is 0 Å². The van der Waals surface area contributed by atoms with Crippen LogP contribution in [0.1, 0.15) is 53.0 Å². The number of aryl methyl sites for hydroxylation is 1. The lowest BCUT2D eigenvalue weighted by molar-refractivity contribution is 0.0701. The summed E-state index contributed by atoms with van der Waals surface area (Å²) in [5, 5.41) is 10.1. The highest BCUT2D eigenvalue weighted by Crippen LogP contribution is 2.22. The van der Waals surface area contributed by atoms with Crippen molar-refractivity contribution in [1.82, 2.24) is 9.88 Å². The molecule has 0 saturated carbocycles. The minimum Gasteiger partial charge on any atom is -0.477 e.